The van der Waals surface area contributed by atoms with Gasteiger partial charge >= 0.3 is 5.97 Å². The number of carbonyl (C=O) groups is 1. The van der Waals surface area contributed by atoms with Gasteiger partial charge in [0.05, 0.1) is 6.61 Å². The SMILES string of the molecule is CCOC(=O)[C@H](Oc1ccccc1)c1ccc(Cl)cc1. The predicted molar refractivity (Wildman–Crippen MR) is 77.9 cm³/mol. The summed E-state index contributed by atoms with van der Waals surface area (Å²) >= 11 is 5.86. The number of hydrogen-bond donors (Lipinski definition) is 0. The lowest BCUT2D eigenvalue weighted by Crippen LogP contribution is -2.21. The number of esters is 1. The fourth-order valence-corrected chi connectivity index (χ4v) is 1.87. The molecule has 0 heterocycles. The summed E-state index contributed by atoms with van der Waals surface area (Å²) in [5, 5.41) is 0.607. The van der Waals surface area contributed by atoms with Crippen LogP contribution in [0.15, 0.2) is 54.6 Å². The van der Waals surface area contributed by atoms with Crippen LogP contribution in [-0.4, -0.2) is 12.6 Å². The van der Waals surface area contributed by atoms with E-state index in [0.29, 0.717) is 22.9 Å². The van der Waals surface area contributed by atoms with E-state index in [0.717, 1.165) is 0 Å². The molecular weight excluding hydrogens is 276 g/mol. The van der Waals surface area contributed by atoms with Crippen LogP contribution >= 0.6 is 11.6 Å². The predicted octanol–water partition coefficient (Wildman–Crippen LogP) is 4.02. The van der Waals surface area contributed by atoms with E-state index in [9.17, 15) is 4.79 Å². The minimum atomic E-state index is -0.797. The molecule has 2 rings (SSSR count). The number of rotatable bonds is 5. The highest BCUT2D eigenvalue weighted by atomic mass is 35.5. The summed E-state index contributed by atoms with van der Waals surface area (Å²) in [5.74, 6) is 0.194. The van der Waals surface area contributed by atoms with Crippen LogP contribution in [0.3, 0.4) is 0 Å². The monoisotopic (exact) mass is 290 g/mol. The molecule has 2 aromatic carbocycles. The second-order valence-corrected chi connectivity index (χ2v) is 4.55. The third kappa shape index (κ3) is 3.75. The summed E-state index contributed by atoms with van der Waals surface area (Å²) in [6.45, 7) is 2.07. The van der Waals surface area contributed by atoms with Crippen molar-refractivity contribution >= 4 is 17.6 Å². The number of carbonyl (C=O) groups excluding carboxylic acids is 1. The van der Waals surface area contributed by atoms with Gasteiger partial charge in [-0.2, -0.15) is 0 Å². The molecule has 0 aromatic heterocycles. The van der Waals surface area contributed by atoms with Crippen LogP contribution in [0.4, 0.5) is 0 Å². The molecule has 0 spiro atoms. The first kappa shape index (κ1) is 14.4. The van der Waals surface area contributed by atoms with E-state index in [2.05, 4.69) is 0 Å². The molecule has 0 amide bonds. The maximum absolute atomic E-state index is 12.1. The van der Waals surface area contributed by atoms with Crippen molar-refractivity contribution in [2.24, 2.45) is 0 Å². The van der Waals surface area contributed by atoms with E-state index in [4.69, 9.17) is 21.1 Å². The van der Waals surface area contributed by atoms with Gasteiger partial charge in [0.15, 0.2) is 0 Å². The Morgan fingerprint density at radius 3 is 2.35 bits per heavy atom. The first-order valence-electron chi connectivity index (χ1n) is 6.34. The molecule has 4 heteroatoms. The Kier molecular flexibility index (Phi) is 5.02. The molecule has 0 aliphatic carbocycles. The van der Waals surface area contributed by atoms with Crippen molar-refractivity contribution in [3.8, 4) is 5.75 Å². The molecule has 0 saturated carbocycles. The van der Waals surface area contributed by atoms with E-state index in [-0.39, 0.29) is 0 Å². The number of ether oxygens (including phenoxy) is 2. The van der Waals surface area contributed by atoms with Crippen molar-refractivity contribution in [1.82, 2.24) is 0 Å². The summed E-state index contributed by atoms with van der Waals surface area (Å²) in [5.41, 5.74) is 0.705. The first-order chi connectivity index (χ1) is 9.70. The van der Waals surface area contributed by atoms with E-state index >= 15 is 0 Å². The van der Waals surface area contributed by atoms with Gasteiger partial charge < -0.3 is 9.47 Å². The van der Waals surface area contributed by atoms with Crippen LogP contribution in [0.25, 0.3) is 0 Å². The van der Waals surface area contributed by atoms with Crippen molar-refractivity contribution in [2.45, 2.75) is 13.0 Å². The molecule has 0 fully saturated rings. The second kappa shape index (κ2) is 6.96. The van der Waals surface area contributed by atoms with Gasteiger partial charge in [0.25, 0.3) is 0 Å². The zero-order chi connectivity index (χ0) is 14.4. The molecule has 0 radical (unpaired) electrons. The van der Waals surface area contributed by atoms with Crippen LogP contribution in [0, 0.1) is 0 Å². The number of benzene rings is 2. The lowest BCUT2D eigenvalue weighted by atomic mass is 10.1. The highest BCUT2D eigenvalue weighted by Crippen LogP contribution is 2.24. The smallest absolute Gasteiger partial charge is 0.352 e. The highest BCUT2D eigenvalue weighted by Gasteiger charge is 2.24. The minimum Gasteiger partial charge on any atom is -0.474 e. The number of halogens is 1. The third-order valence-electron chi connectivity index (χ3n) is 2.67. The Morgan fingerprint density at radius 1 is 1.10 bits per heavy atom. The largest absolute Gasteiger partial charge is 0.474 e. The quantitative estimate of drug-likeness (QED) is 0.780. The van der Waals surface area contributed by atoms with E-state index in [1.807, 2.05) is 18.2 Å². The molecule has 2 aromatic rings. The topological polar surface area (TPSA) is 35.5 Å². The minimum absolute atomic E-state index is 0.307. The molecule has 0 aliphatic heterocycles. The number of para-hydroxylation sites is 1. The number of hydrogen-bond acceptors (Lipinski definition) is 3. The first-order valence-corrected chi connectivity index (χ1v) is 6.72. The Hall–Kier alpha value is -2.00. The summed E-state index contributed by atoms with van der Waals surface area (Å²) in [4.78, 5) is 12.1. The van der Waals surface area contributed by atoms with Gasteiger partial charge in [-0.3, -0.25) is 0 Å². The van der Waals surface area contributed by atoms with Crippen molar-refractivity contribution in [3.63, 3.8) is 0 Å². The average molecular weight is 291 g/mol. The van der Waals surface area contributed by atoms with Crippen LogP contribution in [-0.2, 0) is 9.53 Å². The molecule has 0 aliphatic rings. The van der Waals surface area contributed by atoms with Gasteiger partial charge in [-0.1, -0.05) is 41.9 Å². The van der Waals surface area contributed by atoms with E-state index in [1.165, 1.54) is 0 Å². The second-order valence-electron chi connectivity index (χ2n) is 4.11. The molecule has 1 atom stereocenters. The lowest BCUT2D eigenvalue weighted by Gasteiger charge is -2.18. The molecule has 0 bridgehead atoms. The van der Waals surface area contributed by atoms with Crippen molar-refractivity contribution in [3.05, 3.63) is 65.2 Å². The fraction of sp³-hybridized carbons (Fsp3) is 0.188. The van der Waals surface area contributed by atoms with Crippen LogP contribution in [0.1, 0.15) is 18.6 Å². The molecule has 104 valence electrons. The normalized spacial score (nSPS) is 11.7. The maximum Gasteiger partial charge on any atom is 0.352 e. The fourth-order valence-electron chi connectivity index (χ4n) is 1.74. The van der Waals surface area contributed by atoms with Crippen LogP contribution < -0.4 is 4.74 Å². The Balaban J connectivity index is 2.25. The van der Waals surface area contributed by atoms with Gasteiger partial charge in [-0.25, -0.2) is 4.79 Å². The van der Waals surface area contributed by atoms with Gasteiger partial charge in [-0.15, -0.1) is 0 Å². The van der Waals surface area contributed by atoms with Crippen LogP contribution in [0.2, 0.25) is 5.02 Å². The molecule has 20 heavy (non-hydrogen) atoms. The van der Waals surface area contributed by atoms with E-state index < -0.39 is 12.1 Å². The van der Waals surface area contributed by atoms with Crippen LogP contribution in [0.5, 0.6) is 5.75 Å². The lowest BCUT2D eigenvalue weighted by molar-refractivity contribution is -0.151. The summed E-state index contributed by atoms with van der Waals surface area (Å²) in [6, 6.07) is 16.1. The van der Waals surface area contributed by atoms with Gasteiger partial charge in [0.1, 0.15) is 5.75 Å². The average Bonchev–Trinajstić information content (AvgIpc) is 2.47. The van der Waals surface area contributed by atoms with E-state index in [1.54, 1.807) is 43.3 Å². The Morgan fingerprint density at radius 2 is 1.75 bits per heavy atom. The molecule has 0 saturated heterocycles. The highest BCUT2D eigenvalue weighted by molar-refractivity contribution is 6.30. The summed E-state index contributed by atoms with van der Waals surface area (Å²) in [6.07, 6.45) is -0.797. The van der Waals surface area contributed by atoms with Gasteiger partial charge in [-0.05, 0) is 31.2 Å². The standard InChI is InChI=1S/C16H15ClO3/c1-2-19-16(18)15(12-8-10-13(17)11-9-12)20-14-6-4-3-5-7-14/h3-11,15H,2H2,1H3/t15-/m1/s1. The zero-order valence-electron chi connectivity index (χ0n) is 11.1. The van der Waals surface area contributed by atoms with Gasteiger partial charge in [0, 0.05) is 10.6 Å². The molecule has 0 unspecified atom stereocenters. The molecular formula is C16H15ClO3. The molecule has 0 N–H and O–H groups in total. The molecule has 3 nitrogen and oxygen atoms in total. The zero-order valence-corrected chi connectivity index (χ0v) is 11.8. The summed E-state index contributed by atoms with van der Waals surface area (Å²) in [7, 11) is 0. The van der Waals surface area contributed by atoms with Crippen molar-refractivity contribution in [1.29, 1.82) is 0 Å². The maximum atomic E-state index is 12.1. The summed E-state index contributed by atoms with van der Waals surface area (Å²) < 4.78 is 10.8. The van der Waals surface area contributed by atoms with Crippen molar-refractivity contribution in [2.75, 3.05) is 6.61 Å². The van der Waals surface area contributed by atoms with Gasteiger partial charge in [0.2, 0.25) is 6.10 Å². The van der Waals surface area contributed by atoms with Crippen molar-refractivity contribution < 1.29 is 14.3 Å². The third-order valence-corrected chi connectivity index (χ3v) is 2.92. The Bertz CT molecular complexity index is 552. The Labute approximate surface area is 123 Å².